The predicted octanol–water partition coefficient (Wildman–Crippen LogP) is 1.63. The third-order valence-electron chi connectivity index (χ3n) is 3.06. The molecule has 1 fully saturated rings. The largest absolute Gasteiger partial charge is 0.461 e. The van der Waals surface area contributed by atoms with Gasteiger partial charge < -0.3 is 9.26 Å². The summed E-state index contributed by atoms with van der Waals surface area (Å²) < 4.78 is 10.0. The van der Waals surface area contributed by atoms with Gasteiger partial charge in [0.25, 0.3) is 0 Å². The Morgan fingerprint density at radius 3 is 2.88 bits per heavy atom. The van der Waals surface area contributed by atoms with Crippen LogP contribution in [0.15, 0.2) is 10.7 Å². The zero-order valence-electron chi connectivity index (χ0n) is 10.1. The lowest BCUT2D eigenvalue weighted by Gasteiger charge is -2.25. The Bertz CT molecular complexity index is 370. The fraction of sp³-hybridized carbons (Fsp3) is 0.667. The number of carbonyl (C=O) groups is 1. The van der Waals surface area contributed by atoms with Crippen molar-refractivity contribution < 1.29 is 14.1 Å². The Morgan fingerprint density at radius 2 is 2.24 bits per heavy atom. The zero-order valence-corrected chi connectivity index (χ0v) is 10.1. The van der Waals surface area contributed by atoms with E-state index in [1.807, 2.05) is 0 Å². The van der Waals surface area contributed by atoms with Gasteiger partial charge in [0.1, 0.15) is 17.9 Å². The van der Waals surface area contributed by atoms with Gasteiger partial charge in [0.2, 0.25) is 0 Å². The van der Waals surface area contributed by atoms with Gasteiger partial charge in [-0.2, -0.15) is 0 Å². The summed E-state index contributed by atoms with van der Waals surface area (Å²) >= 11 is 0. The molecule has 5 heteroatoms. The van der Waals surface area contributed by atoms with E-state index in [-0.39, 0.29) is 5.97 Å². The highest BCUT2D eigenvalue weighted by atomic mass is 16.5. The Hall–Kier alpha value is -1.36. The van der Waals surface area contributed by atoms with Crippen molar-refractivity contribution in [3.8, 4) is 0 Å². The molecule has 0 saturated carbocycles. The number of rotatable bonds is 4. The second kappa shape index (κ2) is 5.82. The minimum absolute atomic E-state index is 0.347. The Morgan fingerprint density at radius 1 is 1.47 bits per heavy atom. The molecule has 2 rings (SSSR count). The Balaban J connectivity index is 1.71. The van der Waals surface area contributed by atoms with Crippen LogP contribution in [0.2, 0.25) is 0 Å². The number of piperidine rings is 1. The fourth-order valence-electron chi connectivity index (χ4n) is 2.02. The van der Waals surface area contributed by atoms with E-state index in [2.05, 4.69) is 10.1 Å². The molecule has 1 aliphatic heterocycles. The summed E-state index contributed by atoms with van der Waals surface area (Å²) in [6.07, 6.45) is 5.21. The number of likely N-dealkylation sites (tertiary alicyclic amines) is 1. The lowest BCUT2D eigenvalue weighted by atomic mass is 10.1. The van der Waals surface area contributed by atoms with Crippen LogP contribution in [0, 0.1) is 6.92 Å². The summed E-state index contributed by atoms with van der Waals surface area (Å²) in [5.74, 6) is 0.161. The minimum Gasteiger partial charge on any atom is -0.461 e. The Kier molecular flexibility index (Phi) is 4.14. The van der Waals surface area contributed by atoms with Gasteiger partial charge >= 0.3 is 5.97 Å². The third-order valence-corrected chi connectivity index (χ3v) is 3.06. The summed E-state index contributed by atoms with van der Waals surface area (Å²) in [5.41, 5.74) is 0.420. The molecule has 17 heavy (non-hydrogen) atoms. The highest BCUT2D eigenvalue weighted by Crippen LogP contribution is 2.09. The number of aryl methyl sites for hydroxylation is 1. The first-order valence-corrected chi connectivity index (χ1v) is 6.08. The molecule has 0 atom stereocenters. The molecule has 0 unspecified atom stereocenters. The summed E-state index contributed by atoms with van der Waals surface area (Å²) in [5, 5.41) is 3.55. The molecule has 0 bridgehead atoms. The summed E-state index contributed by atoms with van der Waals surface area (Å²) in [6, 6.07) is 0. The van der Waals surface area contributed by atoms with Gasteiger partial charge in [-0.25, -0.2) is 4.79 Å². The van der Waals surface area contributed by atoms with Crippen LogP contribution in [0.1, 0.15) is 35.4 Å². The SMILES string of the molecule is Cc1oncc1C(=O)OCCN1CCCCC1. The minimum atomic E-state index is -0.347. The van der Waals surface area contributed by atoms with Crippen LogP contribution in [0.25, 0.3) is 0 Å². The second-order valence-corrected chi connectivity index (χ2v) is 4.33. The summed E-state index contributed by atoms with van der Waals surface area (Å²) in [6.45, 7) is 5.18. The Labute approximate surface area is 101 Å². The summed E-state index contributed by atoms with van der Waals surface area (Å²) in [4.78, 5) is 14.0. The molecule has 1 saturated heterocycles. The molecule has 0 N–H and O–H groups in total. The number of esters is 1. The van der Waals surface area contributed by atoms with Crippen molar-refractivity contribution in [3.63, 3.8) is 0 Å². The monoisotopic (exact) mass is 238 g/mol. The van der Waals surface area contributed by atoms with E-state index in [1.54, 1.807) is 6.92 Å². The first-order valence-electron chi connectivity index (χ1n) is 6.08. The molecule has 2 heterocycles. The van der Waals surface area contributed by atoms with E-state index in [9.17, 15) is 4.79 Å². The lowest BCUT2D eigenvalue weighted by molar-refractivity contribution is 0.0450. The van der Waals surface area contributed by atoms with E-state index < -0.39 is 0 Å². The molecule has 0 aromatic carbocycles. The lowest BCUT2D eigenvalue weighted by Crippen LogP contribution is -2.33. The molecular formula is C12H18N2O3. The average Bonchev–Trinajstić information content (AvgIpc) is 2.77. The number of hydrogen-bond acceptors (Lipinski definition) is 5. The van der Waals surface area contributed by atoms with Gasteiger partial charge in [-0.3, -0.25) is 4.90 Å². The molecule has 1 aliphatic rings. The highest BCUT2D eigenvalue weighted by molar-refractivity contribution is 5.89. The maximum absolute atomic E-state index is 11.6. The van der Waals surface area contributed by atoms with Crippen molar-refractivity contribution in [3.05, 3.63) is 17.5 Å². The zero-order chi connectivity index (χ0) is 12.1. The van der Waals surface area contributed by atoms with Gasteiger partial charge in [0.15, 0.2) is 0 Å². The summed E-state index contributed by atoms with van der Waals surface area (Å²) in [7, 11) is 0. The van der Waals surface area contributed by atoms with Crippen LogP contribution in [0.5, 0.6) is 0 Å². The number of nitrogens with zero attached hydrogens (tertiary/aromatic N) is 2. The molecule has 0 spiro atoms. The molecule has 0 aliphatic carbocycles. The van der Waals surface area contributed by atoms with E-state index in [0.717, 1.165) is 19.6 Å². The van der Waals surface area contributed by atoms with Crippen LogP contribution in [0.4, 0.5) is 0 Å². The van der Waals surface area contributed by atoms with Crippen molar-refractivity contribution >= 4 is 5.97 Å². The van der Waals surface area contributed by atoms with Crippen molar-refractivity contribution in [1.82, 2.24) is 10.1 Å². The van der Waals surface area contributed by atoms with E-state index >= 15 is 0 Å². The van der Waals surface area contributed by atoms with Crippen molar-refractivity contribution in [2.24, 2.45) is 0 Å². The normalized spacial score (nSPS) is 17.0. The topological polar surface area (TPSA) is 55.6 Å². The molecule has 0 radical (unpaired) electrons. The smallest absolute Gasteiger partial charge is 0.343 e. The van der Waals surface area contributed by atoms with Crippen molar-refractivity contribution in [2.45, 2.75) is 26.2 Å². The van der Waals surface area contributed by atoms with Crippen LogP contribution >= 0.6 is 0 Å². The van der Waals surface area contributed by atoms with Crippen LogP contribution in [0.3, 0.4) is 0 Å². The van der Waals surface area contributed by atoms with Crippen molar-refractivity contribution in [1.29, 1.82) is 0 Å². The first-order chi connectivity index (χ1) is 8.27. The molecule has 5 nitrogen and oxygen atoms in total. The number of carbonyl (C=O) groups excluding carboxylic acids is 1. The molecular weight excluding hydrogens is 220 g/mol. The van der Waals surface area contributed by atoms with Gasteiger partial charge in [-0.1, -0.05) is 11.6 Å². The first kappa shape index (κ1) is 12.1. The fourth-order valence-corrected chi connectivity index (χ4v) is 2.02. The quantitative estimate of drug-likeness (QED) is 0.746. The van der Waals surface area contributed by atoms with E-state index in [4.69, 9.17) is 9.26 Å². The predicted molar refractivity (Wildman–Crippen MR) is 61.8 cm³/mol. The van der Waals surface area contributed by atoms with Gasteiger partial charge in [0, 0.05) is 6.54 Å². The number of hydrogen-bond donors (Lipinski definition) is 0. The van der Waals surface area contributed by atoms with Gasteiger partial charge in [-0.05, 0) is 32.9 Å². The van der Waals surface area contributed by atoms with E-state index in [0.29, 0.717) is 17.9 Å². The van der Waals surface area contributed by atoms with Crippen molar-refractivity contribution in [2.75, 3.05) is 26.2 Å². The average molecular weight is 238 g/mol. The highest BCUT2D eigenvalue weighted by Gasteiger charge is 2.15. The standard InChI is InChI=1S/C12H18N2O3/c1-10-11(9-13-17-10)12(15)16-8-7-14-5-3-2-4-6-14/h9H,2-8H2,1H3. The van der Waals surface area contributed by atoms with Crippen LogP contribution in [-0.4, -0.2) is 42.3 Å². The third kappa shape index (κ3) is 3.30. The molecule has 1 aromatic heterocycles. The maximum Gasteiger partial charge on any atom is 0.343 e. The molecule has 94 valence electrons. The van der Waals surface area contributed by atoms with Crippen LogP contribution in [-0.2, 0) is 4.74 Å². The van der Waals surface area contributed by atoms with E-state index in [1.165, 1.54) is 25.5 Å². The van der Waals surface area contributed by atoms with Gasteiger partial charge in [-0.15, -0.1) is 0 Å². The molecule has 1 aromatic rings. The van der Waals surface area contributed by atoms with Crippen LogP contribution < -0.4 is 0 Å². The second-order valence-electron chi connectivity index (χ2n) is 4.33. The van der Waals surface area contributed by atoms with Gasteiger partial charge in [0.05, 0.1) is 6.20 Å². The number of aromatic nitrogens is 1. The number of ether oxygens (including phenoxy) is 1. The maximum atomic E-state index is 11.6. The molecule has 0 amide bonds.